The van der Waals surface area contributed by atoms with Crippen LogP contribution in [0, 0.1) is 6.92 Å². The molecule has 3 rings (SSSR count). The number of nitrogens with one attached hydrogen (secondary N) is 1. The Kier molecular flexibility index (Phi) is 6.19. The number of hydrogen-bond acceptors (Lipinski definition) is 3. The molecule has 0 aliphatic carbocycles. The van der Waals surface area contributed by atoms with Crippen LogP contribution >= 0.6 is 11.6 Å². The van der Waals surface area contributed by atoms with Crippen LogP contribution in [0.1, 0.15) is 31.2 Å². The third-order valence-corrected chi connectivity index (χ3v) is 6.93. The van der Waals surface area contributed by atoms with Gasteiger partial charge in [-0.25, -0.2) is 8.42 Å². The van der Waals surface area contributed by atoms with E-state index in [0.29, 0.717) is 23.7 Å². The second kappa shape index (κ2) is 8.42. The molecule has 0 bridgehead atoms. The molecule has 1 saturated heterocycles. The zero-order valence-corrected chi connectivity index (χ0v) is 16.8. The van der Waals surface area contributed by atoms with E-state index in [4.69, 9.17) is 11.6 Å². The van der Waals surface area contributed by atoms with Gasteiger partial charge in [0.15, 0.2) is 0 Å². The third kappa shape index (κ3) is 4.89. The topological polar surface area (TPSA) is 66.5 Å². The third-order valence-electron chi connectivity index (χ3n) is 4.73. The summed E-state index contributed by atoms with van der Waals surface area (Å²) in [5.41, 5.74) is 1.61. The van der Waals surface area contributed by atoms with E-state index in [1.165, 1.54) is 4.31 Å². The summed E-state index contributed by atoms with van der Waals surface area (Å²) in [5, 5.41) is 3.34. The molecule has 1 N–H and O–H groups in total. The number of amides is 1. The Balaban J connectivity index is 1.75. The smallest absolute Gasteiger partial charge is 0.243 e. The Morgan fingerprint density at radius 1 is 1.19 bits per heavy atom. The second-order valence-corrected chi connectivity index (χ2v) is 9.17. The summed E-state index contributed by atoms with van der Waals surface area (Å²) in [6, 6.07) is 13.4. The largest absolute Gasteiger partial charge is 0.326 e. The van der Waals surface area contributed by atoms with E-state index in [1.807, 2.05) is 6.92 Å². The highest BCUT2D eigenvalue weighted by atomic mass is 35.5. The van der Waals surface area contributed by atoms with E-state index >= 15 is 0 Å². The molecule has 0 unspecified atom stereocenters. The lowest BCUT2D eigenvalue weighted by Crippen LogP contribution is -2.45. The normalized spacial score (nSPS) is 18.2. The number of piperidine rings is 1. The highest BCUT2D eigenvalue weighted by Gasteiger charge is 2.34. The van der Waals surface area contributed by atoms with Crippen molar-refractivity contribution in [1.82, 2.24) is 4.31 Å². The van der Waals surface area contributed by atoms with E-state index in [9.17, 15) is 13.2 Å². The first-order chi connectivity index (χ1) is 12.9. The molecule has 1 amide bonds. The molecule has 0 aromatic heterocycles. The molecular formula is C20H23ClN2O3S. The van der Waals surface area contributed by atoms with Crippen LogP contribution in [-0.2, 0) is 14.8 Å². The fourth-order valence-corrected chi connectivity index (χ4v) is 5.22. The van der Waals surface area contributed by atoms with Gasteiger partial charge in [-0.15, -0.1) is 0 Å². The van der Waals surface area contributed by atoms with E-state index in [2.05, 4.69) is 5.32 Å². The second-order valence-electron chi connectivity index (χ2n) is 6.84. The fraction of sp³-hybridized carbons (Fsp3) is 0.350. The number of carbonyl (C=O) groups excluding carboxylic acids is 1. The average molecular weight is 407 g/mol. The lowest BCUT2D eigenvalue weighted by atomic mass is 10.0. The zero-order valence-electron chi connectivity index (χ0n) is 15.2. The lowest BCUT2D eigenvalue weighted by molar-refractivity contribution is -0.117. The maximum absolute atomic E-state index is 13.1. The molecule has 2 aromatic rings. The fourth-order valence-electron chi connectivity index (χ4n) is 3.33. The summed E-state index contributed by atoms with van der Waals surface area (Å²) in [6.45, 7) is 2.35. The summed E-state index contributed by atoms with van der Waals surface area (Å²) in [6.07, 6.45) is 2.51. The van der Waals surface area contributed by atoms with Gasteiger partial charge in [0.05, 0.1) is 4.90 Å². The number of carbonyl (C=O) groups is 1. The molecule has 5 nitrogen and oxygen atoms in total. The molecule has 0 radical (unpaired) electrons. The highest BCUT2D eigenvalue weighted by molar-refractivity contribution is 7.89. The van der Waals surface area contributed by atoms with Crippen LogP contribution in [0.15, 0.2) is 53.4 Å². The van der Waals surface area contributed by atoms with Gasteiger partial charge in [0.25, 0.3) is 0 Å². The van der Waals surface area contributed by atoms with Gasteiger partial charge in [-0.1, -0.05) is 41.8 Å². The van der Waals surface area contributed by atoms with Crippen LogP contribution in [0.2, 0.25) is 5.02 Å². The quantitative estimate of drug-likeness (QED) is 0.808. The number of rotatable bonds is 5. The molecule has 7 heteroatoms. The standard InChI is InChI=1S/C20H23ClN2O3S/c1-15-8-10-19(11-9-15)27(25,26)23-12-3-2-7-18(23)14-20(24)22-17-6-4-5-16(21)13-17/h4-6,8-11,13,18H,2-3,7,12,14H2,1H3,(H,22,24)/t18-/m1/s1. The minimum absolute atomic E-state index is 0.123. The lowest BCUT2D eigenvalue weighted by Gasteiger charge is -2.34. The van der Waals surface area contributed by atoms with E-state index in [1.54, 1.807) is 48.5 Å². The van der Waals surface area contributed by atoms with Gasteiger partial charge in [-0.05, 0) is 50.1 Å². The number of hydrogen-bond donors (Lipinski definition) is 1. The zero-order chi connectivity index (χ0) is 19.4. The Morgan fingerprint density at radius 2 is 1.93 bits per heavy atom. The minimum Gasteiger partial charge on any atom is -0.326 e. The average Bonchev–Trinajstić information content (AvgIpc) is 2.62. The van der Waals surface area contributed by atoms with Crippen molar-refractivity contribution in [3.05, 3.63) is 59.1 Å². The predicted octanol–water partition coefficient (Wildman–Crippen LogP) is 4.22. The molecule has 1 aliphatic rings. The minimum atomic E-state index is -3.62. The van der Waals surface area contributed by atoms with Gasteiger partial charge in [-0.3, -0.25) is 4.79 Å². The van der Waals surface area contributed by atoms with Crippen molar-refractivity contribution in [1.29, 1.82) is 0 Å². The van der Waals surface area contributed by atoms with Crippen molar-refractivity contribution in [2.45, 2.75) is 43.5 Å². The van der Waals surface area contributed by atoms with Crippen LogP contribution in [0.4, 0.5) is 5.69 Å². The summed E-state index contributed by atoms with van der Waals surface area (Å²) >= 11 is 5.94. The van der Waals surface area contributed by atoms with Crippen molar-refractivity contribution in [2.75, 3.05) is 11.9 Å². The van der Waals surface area contributed by atoms with Gasteiger partial charge >= 0.3 is 0 Å². The van der Waals surface area contributed by atoms with Crippen LogP contribution < -0.4 is 5.32 Å². The molecule has 27 heavy (non-hydrogen) atoms. The highest BCUT2D eigenvalue weighted by Crippen LogP contribution is 2.27. The van der Waals surface area contributed by atoms with E-state index in [-0.39, 0.29) is 23.3 Å². The monoisotopic (exact) mass is 406 g/mol. The Bertz CT molecular complexity index is 913. The molecule has 1 fully saturated rings. The predicted molar refractivity (Wildman–Crippen MR) is 107 cm³/mol. The Morgan fingerprint density at radius 3 is 2.63 bits per heavy atom. The van der Waals surface area contributed by atoms with Gasteiger partial charge in [0.2, 0.25) is 15.9 Å². The van der Waals surface area contributed by atoms with Crippen molar-refractivity contribution in [2.24, 2.45) is 0 Å². The maximum Gasteiger partial charge on any atom is 0.243 e. The van der Waals surface area contributed by atoms with Crippen LogP contribution in [0.5, 0.6) is 0 Å². The van der Waals surface area contributed by atoms with Gasteiger partial charge in [0, 0.05) is 29.7 Å². The molecule has 1 aliphatic heterocycles. The SMILES string of the molecule is Cc1ccc(S(=O)(=O)N2CCCC[C@@H]2CC(=O)Nc2cccc(Cl)c2)cc1. The van der Waals surface area contributed by atoms with E-state index in [0.717, 1.165) is 18.4 Å². The molecule has 2 aromatic carbocycles. The molecule has 0 spiro atoms. The maximum atomic E-state index is 13.1. The van der Waals surface area contributed by atoms with Gasteiger partial charge in [-0.2, -0.15) is 4.31 Å². The first kappa shape index (κ1) is 19.9. The van der Waals surface area contributed by atoms with Crippen molar-refractivity contribution in [3.63, 3.8) is 0 Å². The van der Waals surface area contributed by atoms with Crippen LogP contribution in [0.25, 0.3) is 0 Å². The number of sulfonamides is 1. The van der Waals surface area contributed by atoms with Crippen LogP contribution in [0.3, 0.4) is 0 Å². The Labute approximate surface area is 165 Å². The molecule has 1 heterocycles. The molecule has 1 atom stereocenters. The van der Waals surface area contributed by atoms with Crippen molar-refractivity contribution in [3.8, 4) is 0 Å². The van der Waals surface area contributed by atoms with Crippen molar-refractivity contribution < 1.29 is 13.2 Å². The van der Waals surface area contributed by atoms with Gasteiger partial charge < -0.3 is 5.32 Å². The summed E-state index contributed by atoms with van der Waals surface area (Å²) in [7, 11) is -3.62. The first-order valence-electron chi connectivity index (χ1n) is 9.00. The summed E-state index contributed by atoms with van der Waals surface area (Å²) in [5.74, 6) is -0.215. The number of benzene rings is 2. The molecular weight excluding hydrogens is 384 g/mol. The first-order valence-corrected chi connectivity index (χ1v) is 10.8. The number of halogens is 1. The summed E-state index contributed by atoms with van der Waals surface area (Å²) in [4.78, 5) is 12.7. The van der Waals surface area contributed by atoms with Crippen LogP contribution in [-0.4, -0.2) is 31.2 Å². The number of nitrogens with zero attached hydrogens (tertiary/aromatic N) is 1. The molecule has 0 saturated carbocycles. The number of aryl methyl sites for hydroxylation is 1. The van der Waals surface area contributed by atoms with E-state index < -0.39 is 10.0 Å². The van der Waals surface area contributed by atoms with Crippen molar-refractivity contribution >= 4 is 33.2 Å². The molecule has 144 valence electrons. The number of anilines is 1. The Hall–Kier alpha value is -1.89. The summed E-state index contributed by atoms with van der Waals surface area (Å²) < 4.78 is 27.6. The van der Waals surface area contributed by atoms with Gasteiger partial charge in [0.1, 0.15) is 0 Å².